The first-order valence-electron chi connectivity index (χ1n) is 9.70. The van der Waals surface area contributed by atoms with Gasteiger partial charge in [0.15, 0.2) is 0 Å². The van der Waals surface area contributed by atoms with Gasteiger partial charge in [-0.2, -0.15) is 0 Å². The third-order valence-corrected chi connectivity index (χ3v) is 5.79. The number of hydrogen-bond donors (Lipinski definition) is 1. The second-order valence-electron chi connectivity index (χ2n) is 7.01. The molecule has 1 heterocycles. The van der Waals surface area contributed by atoms with E-state index in [4.69, 9.17) is 0 Å². The number of nitro groups is 1. The van der Waals surface area contributed by atoms with Gasteiger partial charge in [-0.3, -0.25) is 29.4 Å². The number of nitrogens with zero attached hydrogens (tertiary/aromatic N) is 2. The maximum Gasteiger partial charge on any atom is 0.293 e. The molecule has 0 spiro atoms. The van der Waals surface area contributed by atoms with Gasteiger partial charge in [0.1, 0.15) is 0 Å². The van der Waals surface area contributed by atoms with Crippen LogP contribution in [0.25, 0.3) is 16.8 Å². The van der Waals surface area contributed by atoms with E-state index in [2.05, 4.69) is 5.32 Å². The minimum atomic E-state index is -0.530. The predicted octanol–water partition coefficient (Wildman–Crippen LogP) is 4.81. The van der Waals surface area contributed by atoms with Crippen molar-refractivity contribution < 1.29 is 19.3 Å². The van der Waals surface area contributed by atoms with Gasteiger partial charge in [0.25, 0.3) is 16.8 Å². The Morgan fingerprint density at radius 2 is 1.81 bits per heavy atom. The summed E-state index contributed by atoms with van der Waals surface area (Å²) in [7, 11) is 0. The van der Waals surface area contributed by atoms with Crippen molar-refractivity contribution in [3.8, 4) is 0 Å². The summed E-state index contributed by atoms with van der Waals surface area (Å²) in [5.74, 6) is -0.840. The summed E-state index contributed by atoms with van der Waals surface area (Å²) < 4.78 is 0. The predicted molar refractivity (Wildman–Crippen MR) is 123 cm³/mol. The van der Waals surface area contributed by atoms with E-state index in [1.54, 1.807) is 12.1 Å². The van der Waals surface area contributed by atoms with Crippen LogP contribution in [0.15, 0.2) is 71.6 Å². The molecule has 3 aromatic carbocycles. The van der Waals surface area contributed by atoms with E-state index in [0.717, 1.165) is 27.4 Å². The quantitative estimate of drug-likeness (QED) is 0.330. The average Bonchev–Trinajstić information content (AvgIpc) is 3.05. The summed E-state index contributed by atoms with van der Waals surface area (Å²) in [5, 5.41) is 15.2. The summed E-state index contributed by atoms with van der Waals surface area (Å²) in [6.07, 6.45) is 1.39. The van der Waals surface area contributed by atoms with Crippen LogP contribution in [0, 0.1) is 10.1 Å². The number of rotatable bonds is 6. The lowest BCUT2D eigenvalue weighted by molar-refractivity contribution is -0.384. The van der Waals surface area contributed by atoms with E-state index in [9.17, 15) is 24.5 Å². The maximum atomic E-state index is 12.6. The van der Waals surface area contributed by atoms with Crippen molar-refractivity contribution in [2.24, 2.45) is 0 Å². The zero-order chi connectivity index (χ0) is 22.7. The normalized spacial score (nSPS) is 14.9. The molecule has 1 fully saturated rings. The van der Waals surface area contributed by atoms with Crippen LogP contribution in [0.2, 0.25) is 0 Å². The van der Waals surface area contributed by atoms with E-state index >= 15 is 0 Å². The third kappa shape index (κ3) is 4.52. The summed E-state index contributed by atoms with van der Waals surface area (Å²) in [6.45, 7) is -0.0620. The molecule has 0 aromatic heterocycles. The van der Waals surface area contributed by atoms with Crippen LogP contribution in [0.3, 0.4) is 0 Å². The fourth-order valence-electron chi connectivity index (χ4n) is 3.33. The number of amides is 3. The highest BCUT2D eigenvalue weighted by molar-refractivity contribution is 8.18. The van der Waals surface area contributed by atoms with Crippen molar-refractivity contribution in [3.63, 3.8) is 0 Å². The second-order valence-corrected chi connectivity index (χ2v) is 8.00. The standard InChI is InChI=1S/C23H17N3O5S/c27-21(24-19-10-4-7-16-6-1-2-9-18(16)19)11-12-25-22(28)20(32-23(25)29)14-15-5-3-8-17(13-15)26(30)31/h1-10,13-14H,11-12H2,(H,24,27). The molecule has 0 bridgehead atoms. The molecule has 0 radical (unpaired) electrons. The Morgan fingerprint density at radius 3 is 2.62 bits per heavy atom. The monoisotopic (exact) mass is 447 g/mol. The highest BCUT2D eigenvalue weighted by atomic mass is 32.2. The lowest BCUT2D eigenvalue weighted by Crippen LogP contribution is -2.31. The Morgan fingerprint density at radius 1 is 1.06 bits per heavy atom. The van der Waals surface area contributed by atoms with Crippen LogP contribution in [0.5, 0.6) is 0 Å². The molecule has 1 saturated heterocycles. The number of non-ortho nitro benzene ring substituents is 1. The first-order chi connectivity index (χ1) is 15.4. The molecule has 4 rings (SSSR count). The molecular formula is C23H17N3O5S. The molecule has 160 valence electrons. The Bertz CT molecular complexity index is 1280. The van der Waals surface area contributed by atoms with E-state index in [-0.39, 0.29) is 29.5 Å². The highest BCUT2D eigenvalue weighted by Gasteiger charge is 2.35. The zero-order valence-corrected chi connectivity index (χ0v) is 17.5. The zero-order valence-electron chi connectivity index (χ0n) is 16.7. The highest BCUT2D eigenvalue weighted by Crippen LogP contribution is 2.33. The van der Waals surface area contributed by atoms with Gasteiger partial charge in [-0.1, -0.05) is 48.5 Å². The van der Waals surface area contributed by atoms with E-state index in [1.165, 1.54) is 24.3 Å². The largest absolute Gasteiger partial charge is 0.325 e. The molecule has 3 aromatic rings. The van der Waals surface area contributed by atoms with Crippen LogP contribution in [-0.2, 0) is 9.59 Å². The van der Waals surface area contributed by atoms with Gasteiger partial charge in [0.05, 0.1) is 9.83 Å². The van der Waals surface area contributed by atoms with E-state index < -0.39 is 16.1 Å². The summed E-state index contributed by atoms with van der Waals surface area (Å²) >= 11 is 0.745. The fraction of sp³-hybridized carbons (Fsp3) is 0.0870. The van der Waals surface area contributed by atoms with Crippen LogP contribution < -0.4 is 5.32 Å². The number of nitrogens with one attached hydrogen (secondary N) is 1. The fourth-order valence-corrected chi connectivity index (χ4v) is 4.20. The van der Waals surface area contributed by atoms with Crippen molar-refractivity contribution in [2.45, 2.75) is 6.42 Å². The SMILES string of the molecule is O=C(CCN1C(=O)SC(=Cc2cccc([N+](=O)[O-])c2)C1=O)Nc1cccc2ccccc12. The Balaban J connectivity index is 1.42. The lowest BCUT2D eigenvalue weighted by atomic mass is 10.1. The van der Waals surface area contributed by atoms with Gasteiger partial charge in [0, 0.05) is 36.2 Å². The molecule has 1 aliphatic rings. The molecule has 32 heavy (non-hydrogen) atoms. The first-order valence-corrected chi connectivity index (χ1v) is 10.5. The molecule has 1 aliphatic heterocycles. The third-order valence-electron chi connectivity index (χ3n) is 4.88. The average molecular weight is 447 g/mol. The summed E-state index contributed by atoms with van der Waals surface area (Å²) in [4.78, 5) is 48.9. The molecule has 0 atom stereocenters. The van der Waals surface area contributed by atoms with Crippen LogP contribution in [0.4, 0.5) is 16.2 Å². The number of anilines is 1. The van der Waals surface area contributed by atoms with Crippen LogP contribution in [-0.4, -0.2) is 33.4 Å². The number of hydrogen-bond acceptors (Lipinski definition) is 6. The second kappa shape index (κ2) is 9.03. The summed E-state index contributed by atoms with van der Waals surface area (Å²) in [5.41, 5.74) is 0.995. The first kappa shape index (κ1) is 21.3. The number of fused-ring (bicyclic) bond motifs is 1. The Kier molecular flexibility index (Phi) is 6.00. The van der Waals surface area contributed by atoms with Gasteiger partial charge >= 0.3 is 0 Å². The molecule has 9 heteroatoms. The van der Waals surface area contributed by atoms with Gasteiger partial charge in [-0.25, -0.2) is 0 Å². The Labute approximate surface area is 187 Å². The number of imide groups is 1. The lowest BCUT2D eigenvalue weighted by Gasteiger charge is -2.13. The summed E-state index contributed by atoms with van der Waals surface area (Å²) in [6, 6.07) is 19.0. The molecule has 0 unspecified atom stereocenters. The van der Waals surface area contributed by atoms with Crippen molar-refractivity contribution >= 4 is 57.0 Å². The Hall–Kier alpha value is -3.98. The van der Waals surface area contributed by atoms with Crippen LogP contribution in [0.1, 0.15) is 12.0 Å². The molecule has 0 saturated carbocycles. The van der Waals surface area contributed by atoms with Crippen molar-refractivity contribution in [1.29, 1.82) is 0 Å². The van der Waals surface area contributed by atoms with Crippen molar-refractivity contribution in [2.75, 3.05) is 11.9 Å². The molecular weight excluding hydrogens is 430 g/mol. The molecule has 8 nitrogen and oxygen atoms in total. The number of benzene rings is 3. The van der Waals surface area contributed by atoms with Gasteiger partial charge in [-0.15, -0.1) is 0 Å². The van der Waals surface area contributed by atoms with Gasteiger partial charge in [-0.05, 0) is 34.9 Å². The molecule has 0 aliphatic carbocycles. The number of carbonyl (C=O) groups is 3. The van der Waals surface area contributed by atoms with E-state index in [0.29, 0.717) is 11.3 Å². The maximum absolute atomic E-state index is 12.6. The van der Waals surface area contributed by atoms with Crippen molar-refractivity contribution in [1.82, 2.24) is 4.90 Å². The topological polar surface area (TPSA) is 110 Å². The minimum absolute atomic E-state index is 0.0502. The van der Waals surface area contributed by atoms with Gasteiger partial charge < -0.3 is 5.32 Å². The number of thioether (sulfide) groups is 1. The smallest absolute Gasteiger partial charge is 0.293 e. The van der Waals surface area contributed by atoms with Crippen LogP contribution >= 0.6 is 11.8 Å². The molecule has 1 N–H and O–H groups in total. The van der Waals surface area contributed by atoms with E-state index in [1.807, 2.05) is 36.4 Å². The minimum Gasteiger partial charge on any atom is -0.325 e. The number of nitro benzene ring substituents is 1. The molecule has 3 amide bonds. The van der Waals surface area contributed by atoms with Crippen molar-refractivity contribution in [3.05, 3.63) is 87.3 Å². The number of carbonyl (C=O) groups excluding carboxylic acids is 3. The van der Waals surface area contributed by atoms with Gasteiger partial charge in [0.2, 0.25) is 5.91 Å².